The van der Waals surface area contributed by atoms with E-state index in [-0.39, 0.29) is 12.5 Å². The largest absolute Gasteiger partial charge is 0.494 e. The molecule has 8 heteroatoms. The number of ether oxygens (including phenoxy) is 1. The van der Waals surface area contributed by atoms with Crippen molar-refractivity contribution in [2.24, 2.45) is 4.99 Å². The van der Waals surface area contributed by atoms with Gasteiger partial charge in [-0.3, -0.25) is 4.79 Å². The summed E-state index contributed by atoms with van der Waals surface area (Å²) in [5.41, 5.74) is 0.627. The van der Waals surface area contributed by atoms with Crippen LogP contribution in [-0.4, -0.2) is 28.5 Å². The van der Waals surface area contributed by atoms with Gasteiger partial charge in [-0.25, -0.2) is 14.4 Å². The zero-order valence-electron chi connectivity index (χ0n) is 16.4. The minimum atomic E-state index is -0.467. The highest BCUT2D eigenvalue weighted by atomic mass is 35.5. The third kappa shape index (κ3) is 3.85. The molecule has 2 aromatic heterocycles. The highest BCUT2D eigenvalue weighted by Gasteiger charge is 2.18. The number of aromatic hydroxyl groups is 1. The van der Waals surface area contributed by atoms with Gasteiger partial charge in [0.1, 0.15) is 5.00 Å². The number of carbonyl (C=O) groups is 1. The Labute approximate surface area is 186 Å². The first kappa shape index (κ1) is 20.8. The Bertz CT molecular complexity index is 1370. The highest BCUT2D eigenvalue weighted by Crippen LogP contribution is 2.31. The lowest BCUT2D eigenvalue weighted by molar-refractivity contribution is 0.0528. The minimum Gasteiger partial charge on any atom is -0.494 e. The molecule has 4 aromatic rings. The lowest BCUT2D eigenvalue weighted by Gasteiger charge is -2.14. The van der Waals surface area contributed by atoms with Gasteiger partial charge in [0.25, 0.3) is 5.56 Å². The second-order valence-electron chi connectivity index (χ2n) is 6.49. The molecule has 0 saturated carbocycles. The van der Waals surface area contributed by atoms with Crippen molar-refractivity contribution in [3.63, 3.8) is 0 Å². The molecule has 156 valence electrons. The lowest BCUT2D eigenvalue weighted by atomic mass is 10.1. The first-order chi connectivity index (χ1) is 15.0. The molecule has 0 aliphatic heterocycles. The first-order valence-corrected chi connectivity index (χ1v) is 10.7. The molecular weight excluding hydrogens is 436 g/mol. The van der Waals surface area contributed by atoms with Gasteiger partial charge in [0, 0.05) is 17.0 Å². The van der Waals surface area contributed by atoms with Crippen molar-refractivity contribution in [3.8, 4) is 11.6 Å². The van der Waals surface area contributed by atoms with E-state index in [9.17, 15) is 14.7 Å². The van der Waals surface area contributed by atoms with Crippen molar-refractivity contribution in [3.05, 3.63) is 86.5 Å². The van der Waals surface area contributed by atoms with Crippen molar-refractivity contribution >= 4 is 50.9 Å². The molecule has 0 atom stereocenters. The number of benzene rings is 2. The second-order valence-corrected chi connectivity index (χ2v) is 7.79. The smallest absolute Gasteiger partial charge is 0.341 e. The second kappa shape index (κ2) is 8.75. The fourth-order valence-electron chi connectivity index (χ4n) is 3.23. The summed E-state index contributed by atoms with van der Waals surface area (Å²) in [7, 11) is 0. The molecule has 0 amide bonds. The number of thiophene rings is 1. The molecule has 4 rings (SSSR count). The maximum Gasteiger partial charge on any atom is 0.341 e. The molecule has 6 nitrogen and oxygen atoms in total. The number of aliphatic imine (C=N–C) groups is 1. The predicted molar refractivity (Wildman–Crippen MR) is 124 cm³/mol. The number of fused-ring (bicyclic) bond motifs is 1. The van der Waals surface area contributed by atoms with Crippen LogP contribution in [0.25, 0.3) is 16.5 Å². The number of aromatic nitrogens is 1. The van der Waals surface area contributed by atoms with Gasteiger partial charge in [-0.05, 0) is 36.6 Å². The summed E-state index contributed by atoms with van der Waals surface area (Å²) < 4.78 is 6.22. The van der Waals surface area contributed by atoms with Gasteiger partial charge in [0.05, 0.1) is 28.4 Å². The molecule has 0 spiro atoms. The first-order valence-electron chi connectivity index (χ1n) is 9.43. The number of hydrogen-bond donors (Lipinski definition) is 1. The van der Waals surface area contributed by atoms with Crippen LogP contribution in [0.4, 0.5) is 5.00 Å². The molecule has 0 bridgehead atoms. The van der Waals surface area contributed by atoms with E-state index >= 15 is 0 Å². The molecule has 0 aliphatic carbocycles. The molecular formula is C23H17ClN2O4S. The van der Waals surface area contributed by atoms with Gasteiger partial charge in [0.15, 0.2) is 0 Å². The highest BCUT2D eigenvalue weighted by molar-refractivity contribution is 7.14. The van der Waals surface area contributed by atoms with Crippen LogP contribution >= 0.6 is 22.9 Å². The predicted octanol–water partition coefficient (Wildman–Crippen LogP) is 5.34. The summed E-state index contributed by atoms with van der Waals surface area (Å²) >= 11 is 7.57. The Hall–Kier alpha value is -3.42. The van der Waals surface area contributed by atoms with Crippen LogP contribution in [0.2, 0.25) is 5.02 Å². The molecule has 0 radical (unpaired) electrons. The summed E-state index contributed by atoms with van der Waals surface area (Å²) in [6, 6.07) is 15.3. The van der Waals surface area contributed by atoms with Crippen molar-refractivity contribution in [1.82, 2.24) is 4.57 Å². The molecule has 0 saturated heterocycles. The van der Waals surface area contributed by atoms with Gasteiger partial charge in [-0.1, -0.05) is 41.9 Å². The summed E-state index contributed by atoms with van der Waals surface area (Å²) in [5, 5.41) is 14.5. The summed E-state index contributed by atoms with van der Waals surface area (Å²) in [5.74, 6) is -0.763. The Kier molecular flexibility index (Phi) is 5.88. The van der Waals surface area contributed by atoms with E-state index in [1.165, 1.54) is 17.6 Å². The minimum absolute atomic E-state index is 0.256. The van der Waals surface area contributed by atoms with Gasteiger partial charge in [-0.2, -0.15) is 0 Å². The molecule has 1 N–H and O–H groups in total. The fourth-order valence-corrected chi connectivity index (χ4v) is 4.18. The van der Waals surface area contributed by atoms with E-state index in [4.69, 9.17) is 16.3 Å². The number of carbonyl (C=O) groups excluding carboxylic acids is 1. The number of hydrogen-bond acceptors (Lipinski definition) is 6. The van der Waals surface area contributed by atoms with E-state index < -0.39 is 11.5 Å². The average molecular weight is 453 g/mol. The Morgan fingerprint density at radius 3 is 2.61 bits per heavy atom. The van der Waals surface area contributed by atoms with Crippen LogP contribution < -0.4 is 5.56 Å². The van der Waals surface area contributed by atoms with Crippen molar-refractivity contribution < 1.29 is 14.6 Å². The maximum atomic E-state index is 13.1. The van der Waals surface area contributed by atoms with Crippen molar-refractivity contribution in [2.75, 3.05) is 6.61 Å². The molecule has 0 fully saturated rings. The van der Waals surface area contributed by atoms with Crippen LogP contribution in [0.3, 0.4) is 0 Å². The number of esters is 1. The van der Waals surface area contributed by atoms with Gasteiger partial charge in [0.2, 0.25) is 5.88 Å². The fraction of sp³-hybridized carbons (Fsp3) is 0.0870. The zero-order valence-corrected chi connectivity index (χ0v) is 18.0. The number of para-hydroxylation sites is 1. The molecule has 31 heavy (non-hydrogen) atoms. The maximum absolute atomic E-state index is 13.1. The normalized spacial score (nSPS) is 11.3. The zero-order chi connectivity index (χ0) is 22.0. The average Bonchev–Trinajstić information content (AvgIpc) is 3.24. The Balaban J connectivity index is 1.93. The third-order valence-corrected chi connectivity index (χ3v) is 5.79. The quantitative estimate of drug-likeness (QED) is 0.327. The van der Waals surface area contributed by atoms with Crippen molar-refractivity contribution in [2.45, 2.75) is 6.92 Å². The van der Waals surface area contributed by atoms with Crippen LogP contribution in [-0.2, 0) is 4.74 Å². The molecule has 0 unspecified atom stereocenters. The number of nitrogens with zero attached hydrogens (tertiary/aromatic N) is 2. The molecule has 2 heterocycles. The number of rotatable bonds is 5. The molecule has 0 aliphatic rings. The van der Waals surface area contributed by atoms with Gasteiger partial charge in [-0.15, -0.1) is 11.3 Å². The van der Waals surface area contributed by atoms with Crippen LogP contribution in [0.5, 0.6) is 5.88 Å². The summed E-state index contributed by atoms with van der Waals surface area (Å²) in [4.78, 5) is 29.7. The van der Waals surface area contributed by atoms with Crippen LogP contribution in [0.1, 0.15) is 22.8 Å². The molecule has 2 aromatic carbocycles. The van der Waals surface area contributed by atoms with Gasteiger partial charge >= 0.3 is 5.97 Å². The SMILES string of the molecule is CCOC(=O)c1ccsc1N=Cc1c(O)n(-c2ccccc2Cl)c(=O)c2ccccc12. The van der Waals surface area contributed by atoms with E-state index in [2.05, 4.69) is 4.99 Å². The third-order valence-electron chi connectivity index (χ3n) is 4.65. The summed E-state index contributed by atoms with van der Waals surface area (Å²) in [6.45, 7) is 1.99. The Morgan fingerprint density at radius 1 is 1.16 bits per heavy atom. The Morgan fingerprint density at radius 2 is 1.87 bits per heavy atom. The van der Waals surface area contributed by atoms with E-state index in [0.29, 0.717) is 37.6 Å². The monoisotopic (exact) mass is 452 g/mol. The number of pyridine rings is 1. The van der Waals surface area contributed by atoms with E-state index in [0.717, 1.165) is 4.57 Å². The topological polar surface area (TPSA) is 80.9 Å². The van der Waals surface area contributed by atoms with E-state index in [1.54, 1.807) is 66.9 Å². The van der Waals surface area contributed by atoms with Crippen molar-refractivity contribution in [1.29, 1.82) is 0 Å². The lowest BCUT2D eigenvalue weighted by Crippen LogP contribution is -2.20. The van der Waals surface area contributed by atoms with E-state index in [1.807, 2.05) is 0 Å². The summed E-state index contributed by atoms with van der Waals surface area (Å²) in [6.07, 6.45) is 1.44. The van der Waals surface area contributed by atoms with Crippen LogP contribution in [0, 0.1) is 0 Å². The number of halogens is 1. The standard InChI is InChI=1S/C23H17ClN2O4S/c1-2-30-23(29)16-11-12-31-20(16)25-13-17-14-7-3-4-8-15(14)21(27)26(22(17)28)19-10-6-5-9-18(19)24/h3-13,28H,2H2,1H3. The van der Waals surface area contributed by atoms with Crippen LogP contribution in [0.15, 0.2) is 69.8 Å². The van der Waals surface area contributed by atoms with Gasteiger partial charge < -0.3 is 9.84 Å².